The van der Waals surface area contributed by atoms with E-state index in [1.54, 1.807) is 12.1 Å². The zero-order chi connectivity index (χ0) is 13.0. The smallest absolute Gasteiger partial charge is 0.140 e. The molecule has 0 radical (unpaired) electrons. The molecule has 2 bridgehead atoms. The second-order valence-corrected chi connectivity index (χ2v) is 6.25. The number of halogens is 1. The van der Waals surface area contributed by atoms with Gasteiger partial charge in [-0.25, -0.2) is 4.39 Å². The van der Waals surface area contributed by atoms with Crippen molar-refractivity contribution in [1.29, 1.82) is 0 Å². The molecule has 1 atom stereocenters. The predicted octanol–water partition coefficient (Wildman–Crippen LogP) is 2.45. The van der Waals surface area contributed by atoms with Crippen LogP contribution >= 0.6 is 0 Å². The average molecular weight is 247 g/mol. The van der Waals surface area contributed by atoms with Crippen molar-refractivity contribution in [1.82, 2.24) is 0 Å². The first-order valence-corrected chi connectivity index (χ1v) is 6.49. The first-order chi connectivity index (χ1) is 8.42. The molecule has 3 aliphatic rings. The van der Waals surface area contributed by atoms with Gasteiger partial charge >= 0.3 is 0 Å². The molecule has 0 amide bonds. The number of hydrogen-bond donors (Lipinski definition) is 1. The Kier molecular flexibility index (Phi) is 2.39. The molecule has 4 rings (SSSR count). The van der Waals surface area contributed by atoms with Crippen LogP contribution in [-0.2, 0) is 11.2 Å². The number of carbonyl (C=O) groups excluding carboxylic acids is 1. The normalized spacial score (nSPS) is 34.4. The highest BCUT2D eigenvalue weighted by atomic mass is 19.1. The Hall–Kier alpha value is -1.22. The highest BCUT2D eigenvalue weighted by Gasteiger charge is 2.68. The van der Waals surface area contributed by atoms with Crippen molar-refractivity contribution in [2.75, 3.05) is 0 Å². The Labute approximate surface area is 106 Å². The summed E-state index contributed by atoms with van der Waals surface area (Å²) < 4.78 is 12.8. The van der Waals surface area contributed by atoms with Gasteiger partial charge < -0.3 is 5.73 Å². The van der Waals surface area contributed by atoms with Crippen molar-refractivity contribution in [2.45, 2.75) is 38.1 Å². The van der Waals surface area contributed by atoms with Gasteiger partial charge in [-0.1, -0.05) is 19.1 Å². The van der Waals surface area contributed by atoms with E-state index in [0.29, 0.717) is 6.42 Å². The second-order valence-electron chi connectivity index (χ2n) is 6.25. The van der Waals surface area contributed by atoms with Gasteiger partial charge in [0.1, 0.15) is 11.6 Å². The molecule has 3 heteroatoms. The molecule has 1 aromatic rings. The van der Waals surface area contributed by atoms with Crippen LogP contribution in [-0.4, -0.2) is 11.3 Å². The Morgan fingerprint density at radius 3 is 2.39 bits per heavy atom. The average Bonchev–Trinajstić information content (AvgIpc) is 2.26. The van der Waals surface area contributed by atoms with Crippen LogP contribution in [0.4, 0.5) is 4.39 Å². The fourth-order valence-corrected chi connectivity index (χ4v) is 3.71. The predicted molar refractivity (Wildman–Crippen MR) is 67.5 cm³/mol. The van der Waals surface area contributed by atoms with Gasteiger partial charge in [0, 0.05) is 17.9 Å². The highest BCUT2D eigenvalue weighted by molar-refractivity contribution is 5.84. The number of hydrogen-bond acceptors (Lipinski definition) is 2. The fourth-order valence-electron chi connectivity index (χ4n) is 3.71. The van der Waals surface area contributed by atoms with Gasteiger partial charge in [0.05, 0.1) is 0 Å². The molecular formula is C15H18FNO. The Bertz CT molecular complexity index is 474. The summed E-state index contributed by atoms with van der Waals surface area (Å²) in [5, 5.41) is 0. The van der Waals surface area contributed by atoms with Gasteiger partial charge in [-0.2, -0.15) is 0 Å². The molecule has 3 fully saturated rings. The van der Waals surface area contributed by atoms with Crippen molar-refractivity contribution in [3.8, 4) is 0 Å². The number of rotatable bonds is 4. The van der Waals surface area contributed by atoms with Gasteiger partial charge in [-0.05, 0) is 42.4 Å². The summed E-state index contributed by atoms with van der Waals surface area (Å²) in [6.07, 6.45) is 3.39. The third kappa shape index (κ3) is 1.69. The molecular weight excluding hydrogens is 229 g/mol. The van der Waals surface area contributed by atoms with E-state index >= 15 is 0 Å². The lowest BCUT2D eigenvalue weighted by Gasteiger charge is -2.71. The van der Waals surface area contributed by atoms with E-state index in [9.17, 15) is 9.18 Å². The number of ketones is 1. The van der Waals surface area contributed by atoms with Crippen LogP contribution in [0.5, 0.6) is 0 Å². The molecule has 0 heterocycles. The van der Waals surface area contributed by atoms with E-state index in [4.69, 9.17) is 5.73 Å². The molecule has 0 saturated heterocycles. The van der Waals surface area contributed by atoms with Crippen molar-refractivity contribution < 1.29 is 9.18 Å². The van der Waals surface area contributed by atoms with Crippen molar-refractivity contribution >= 4 is 5.78 Å². The minimum atomic E-state index is -0.260. The largest absolute Gasteiger partial charge is 0.325 e. The van der Waals surface area contributed by atoms with E-state index in [0.717, 1.165) is 24.8 Å². The lowest BCUT2D eigenvalue weighted by Crippen LogP contribution is -2.74. The van der Waals surface area contributed by atoms with Gasteiger partial charge in [-0.3, -0.25) is 4.79 Å². The van der Waals surface area contributed by atoms with Crippen LogP contribution in [0.1, 0.15) is 31.7 Å². The summed E-state index contributed by atoms with van der Waals surface area (Å²) in [4.78, 5) is 12.2. The van der Waals surface area contributed by atoms with Crippen LogP contribution in [0.25, 0.3) is 0 Å². The minimum absolute atomic E-state index is 0.0460. The molecule has 2 nitrogen and oxygen atoms in total. The Balaban J connectivity index is 1.63. The van der Waals surface area contributed by atoms with Crippen LogP contribution in [0.3, 0.4) is 0 Å². The molecule has 18 heavy (non-hydrogen) atoms. The van der Waals surface area contributed by atoms with Crippen LogP contribution in [0.15, 0.2) is 24.3 Å². The summed E-state index contributed by atoms with van der Waals surface area (Å²) in [7, 11) is 0. The monoisotopic (exact) mass is 247 g/mol. The summed E-state index contributed by atoms with van der Waals surface area (Å²) in [6, 6.07) is 6.19. The maximum atomic E-state index is 12.8. The van der Waals surface area contributed by atoms with Gasteiger partial charge in [0.2, 0.25) is 0 Å². The quantitative estimate of drug-likeness (QED) is 0.888. The van der Waals surface area contributed by atoms with Crippen LogP contribution in [0.2, 0.25) is 0 Å². The van der Waals surface area contributed by atoms with Gasteiger partial charge in [0.15, 0.2) is 0 Å². The van der Waals surface area contributed by atoms with E-state index in [1.165, 1.54) is 12.1 Å². The number of nitrogens with two attached hydrogens (primary N) is 1. The molecule has 1 unspecified atom stereocenters. The SMILES string of the molecule is CC(C(=O)Cc1ccc(F)cc1)C12CC(N)(C1)C2. The van der Waals surface area contributed by atoms with E-state index < -0.39 is 0 Å². The Morgan fingerprint density at radius 1 is 1.33 bits per heavy atom. The standard InChI is InChI=1S/C15H18FNO/c1-10(14-7-15(17,8-14)9-14)13(18)6-11-2-4-12(16)5-3-11/h2-5,10H,6-9,17H2,1H3. The highest BCUT2D eigenvalue weighted by Crippen LogP contribution is 2.69. The van der Waals surface area contributed by atoms with Gasteiger partial charge in [-0.15, -0.1) is 0 Å². The lowest BCUT2D eigenvalue weighted by atomic mass is 9.36. The third-order valence-electron chi connectivity index (χ3n) is 4.81. The molecule has 3 aliphatic carbocycles. The summed E-state index contributed by atoms with van der Waals surface area (Å²) in [6.45, 7) is 2.02. The maximum absolute atomic E-state index is 12.8. The van der Waals surface area contributed by atoms with Crippen molar-refractivity contribution in [2.24, 2.45) is 17.1 Å². The number of Topliss-reactive ketones (excluding diaryl/α,β-unsaturated/α-hetero) is 1. The first-order valence-electron chi connectivity index (χ1n) is 6.49. The van der Waals surface area contributed by atoms with Crippen molar-refractivity contribution in [3.05, 3.63) is 35.6 Å². The van der Waals surface area contributed by atoms with Gasteiger partial charge in [0.25, 0.3) is 0 Å². The van der Waals surface area contributed by atoms with E-state index in [2.05, 4.69) is 0 Å². The molecule has 3 saturated carbocycles. The number of benzene rings is 1. The summed E-state index contributed by atoms with van der Waals surface area (Å²) in [5.74, 6) is 0.0695. The number of carbonyl (C=O) groups is 1. The summed E-state index contributed by atoms with van der Waals surface area (Å²) in [5.41, 5.74) is 7.15. The molecule has 2 N–H and O–H groups in total. The van der Waals surface area contributed by atoms with Crippen molar-refractivity contribution in [3.63, 3.8) is 0 Å². The first kappa shape index (κ1) is 11.8. The minimum Gasteiger partial charge on any atom is -0.325 e. The zero-order valence-corrected chi connectivity index (χ0v) is 10.6. The molecule has 0 aliphatic heterocycles. The van der Waals surface area contributed by atoms with E-state index in [-0.39, 0.29) is 28.5 Å². The Morgan fingerprint density at radius 2 is 1.89 bits per heavy atom. The van der Waals surface area contributed by atoms with Crippen LogP contribution in [0, 0.1) is 17.2 Å². The fraction of sp³-hybridized carbons (Fsp3) is 0.533. The maximum Gasteiger partial charge on any atom is 0.140 e. The molecule has 0 spiro atoms. The molecule has 1 aromatic carbocycles. The van der Waals surface area contributed by atoms with Crippen LogP contribution < -0.4 is 5.73 Å². The molecule has 0 aromatic heterocycles. The third-order valence-corrected chi connectivity index (χ3v) is 4.81. The zero-order valence-electron chi connectivity index (χ0n) is 10.6. The topological polar surface area (TPSA) is 43.1 Å². The summed E-state index contributed by atoms with van der Waals surface area (Å²) >= 11 is 0. The molecule has 96 valence electrons. The second kappa shape index (κ2) is 3.64. The lowest BCUT2D eigenvalue weighted by molar-refractivity contribution is -0.175. The van der Waals surface area contributed by atoms with E-state index in [1.807, 2.05) is 6.92 Å².